The minimum Gasteiger partial charge on any atom is -0.342 e. The van der Waals surface area contributed by atoms with Gasteiger partial charge in [-0.05, 0) is 41.5 Å². The maximum atomic E-state index is 12.8. The highest BCUT2D eigenvalue weighted by atomic mass is 19.1. The van der Waals surface area contributed by atoms with Gasteiger partial charge in [0.2, 0.25) is 11.8 Å². The first-order valence-corrected chi connectivity index (χ1v) is 7.49. The molecule has 0 saturated carbocycles. The highest BCUT2D eigenvalue weighted by Gasteiger charge is 2.05. The van der Waals surface area contributed by atoms with E-state index >= 15 is 0 Å². The zero-order valence-electron chi connectivity index (χ0n) is 13.6. The zero-order chi connectivity index (χ0) is 17.5. The highest BCUT2D eigenvalue weighted by Crippen LogP contribution is 2.13. The number of hydrogen-bond acceptors (Lipinski definition) is 2. The van der Waals surface area contributed by atoms with Crippen LogP contribution in [0.15, 0.2) is 54.6 Å². The van der Waals surface area contributed by atoms with E-state index in [-0.39, 0.29) is 17.6 Å². The molecule has 0 aliphatic heterocycles. The Morgan fingerprint density at radius 2 is 1.88 bits per heavy atom. The van der Waals surface area contributed by atoms with E-state index < -0.39 is 0 Å². The predicted molar refractivity (Wildman–Crippen MR) is 92.7 cm³/mol. The molecule has 2 aromatic rings. The van der Waals surface area contributed by atoms with Crippen molar-refractivity contribution in [3.05, 3.63) is 71.6 Å². The van der Waals surface area contributed by atoms with E-state index in [2.05, 4.69) is 5.32 Å². The van der Waals surface area contributed by atoms with Crippen LogP contribution < -0.4 is 5.32 Å². The fourth-order valence-corrected chi connectivity index (χ4v) is 2.06. The van der Waals surface area contributed by atoms with E-state index in [1.165, 1.54) is 25.1 Å². The van der Waals surface area contributed by atoms with Gasteiger partial charge in [0.1, 0.15) is 5.82 Å². The van der Waals surface area contributed by atoms with Gasteiger partial charge in [-0.1, -0.05) is 24.3 Å². The van der Waals surface area contributed by atoms with Crippen molar-refractivity contribution in [3.63, 3.8) is 0 Å². The van der Waals surface area contributed by atoms with Crippen LogP contribution in [0.2, 0.25) is 0 Å². The molecule has 2 rings (SSSR count). The molecule has 0 atom stereocenters. The van der Waals surface area contributed by atoms with E-state index in [1.54, 1.807) is 36.2 Å². The summed E-state index contributed by atoms with van der Waals surface area (Å²) in [6.07, 6.45) is 3.00. The van der Waals surface area contributed by atoms with Crippen LogP contribution in [0.3, 0.4) is 0 Å². The minimum atomic E-state index is -0.316. The van der Waals surface area contributed by atoms with Crippen molar-refractivity contribution in [3.8, 4) is 0 Å². The van der Waals surface area contributed by atoms with Crippen LogP contribution in [-0.4, -0.2) is 23.8 Å². The lowest BCUT2D eigenvalue weighted by atomic mass is 10.2. The second-order valence-electron chi connectivity index (χ2n) is 5.45. The molecule has 4 nitrogen and oxygen atoms in total. The van der Waals surface area contributed by atoms with Crippen LogP contribution in [0.25, 0.3) is 6.08 Å². The number of nitrogens with one attached hydrogen (secondary N) is 1. The summed E-state index contributed by atoms with van der Waals surface area (Å²) < 4.78 is 12.8. The summed E-state index contributed by atoms with van der Waals surface area (Å²) in [6.45, 7) is 1.98. The first-order chi connectivity index (χ1) is 11.4. The quantitative estimate of drug-likeness (QED) is 0.856. The number of anilines is 1. The van der Waals surface area contributed by atoms with Gasteiger partial charge in [-0.2, -0.15) is 0 Å². The number of nitrogens with zero attached hydrogens (tertiary/aromatic N) is 1. The fourth-order valence-electron chi connectivity index (χ4n) is 2.06. The molecule has 2 aromatic carbocycles. The third-order valence-corrected chi connectivity index (χ3v) is 3.45. The molecule has 0 fully saturated rings. The monoisotopic (exact) mass is 326 g/mol. The van der Waals surface area contributed by atoms with Crippen molar-refractivity contribution in [1.82, 2.24) is 4.90 Å². The topological polar surface area (TPSA) is 49.4 Å². The number of hydrogen-bond donors (Lipinski definition) is 1. The third-order valence-electron chi connectivity index (χ3n) is 3.45. The summed E-state index contributed by atoms with van der Waals surface area (Å²) >= 11 is 0. The number of benzene rings is 2. The van der Waals surface area contributed by atoms with E-state index in [4.69, 9.17) is 0 Å². The average molecular weight is 326 g/mol. The van der Waals surface area contributed by atoms with Gasteiger partial charge in [-0.3, -0.25) is 9.59 Å². The third kappa shape index (κ3) is 5.35. The summed E-state index contributed by atoms with van der Waals surface area (Å²) in [5, 5.41) is 2.76. The normalized spacial score (nSPS) is 10.6. The van der Waals surface area contributed by atoms with Gasteiger partial charge < -0.3 is 10.2 Å². The van der Waals surface area contributed by atoms with Crippen LogP contribution in [0.4, 0.5) is 10.1 Å². The second-order valence-corrected chi connectivity index (χ2v) is 5.45. The van der Waals surface area contributed by atoms with Crippen molar-refractivity contribution in [2.45, 2.75) is 13.5 Å². The molecule has 0 unspecified atom stereocenters. The smallest absolute Gasteiger partial charge is 0.248 e. The lowest BCUT2D eigenvalue weighted by Gasteiger charge is -2.15. The average Bonchev–Trinajstić information content (AvgIpc) is 2.54. The van der Waals surface area contributed by atoms with Gasteiger partial charge in [0, 0.05) is 32.3 Å². The Bertz CT molecular complexity index is 754. The van der Waals surface area contributed by atoms with Crippen LogP contribution in [0.5, 0.6) is 0 Å². The number of carbonyl (C=O) groups excluding carboxylic acids is 2. The van der Waals surface area contributed by atoms with Crippen LogP contribution >= 0.6 is 0 Å². The number of rotatable bonds is 5. The number of carbonyl (C=O) groups is 2. The summed E-state index contributed by atoms with van der Waals surface area (Å²) in [5.41, 5.74) is 2.31. The summed E-state index contributed by atoms with van der Waals surface area (Å²) in [6, 6.07) is 13.2. The van der Waals surface area contributed by atoms with Gasteiger partial charge in [0.05, 0.1) is 0 Å². The number of amides is 2. The molecule has 0 spiro atoms. The molecule has 24 heavy (non-hydrogen) atoms. The summed E-state index contributed by atoms with van der Waals surface area (Å²) in [7, 11) is 1.72. The van der Waals surface area contributed by atoms with Gasteiger partial charge in [0.25, 0.3) is 0 Å². The summed E-state index contributed by atoms with van der Waals surface area (Å²) in [5.74, 6) is -0.619. The van der Waals surface area contributed by atoms with E-state index in [1.807, 2.05) is 18.2 Å². The first kappa shape index (κ1) is 17.4. The zero-order valence-corrected chi connectivity index (χ0v) is 13.6. The molecular weight excluding hydrogens is 307 g/mol. The second kappa shape index (κ2) is 8.06. The van der Waals surface area contributed by atoms with Crippen molar-refractivity contribution < 1.29 is 14.0 Å². The maximum absolute atomic E-state index is 12.8. The Morgan fingerprint density at radius 1 is 1.17 bits per heavy atom. The predicted octanol–water partition coefficient (Wildman–Crippen LogP) is 3.46. The van der Waals surface area contributed by atoms with Crippen molar-refractivity contribution in [2.24, 2.45) is 0 Å². The molecule has 0 bridgehead atoms. The minimum absolute atomic E-state index is 0.0216. The van der Waals surface area contributed by atoms with Gasteiger partial charge in [-0.25, -0.2) is 4.39 Å². The van der Waals surface area contributed by atoms with Gasteiger partial charge in [0.15, 0.2) is 0 Å². The molecular formula is C19H19FN2O2. The first-order valence-electron chi connectivity index (χ1n) is 7.49. The van der Waals surface area contributed by atoms with E-state index in [0.29, 0.717) is 12.2 Å². The van der Waals surface area contributed by atoms with Crippen LogP contribution in [-0.2, 0) is 16.1 Å². The Kier molecular flexibility index (Phi) is 5.84. The van der Waals surface area contributed by atoms with E-state index in [0.717, 1.165) is 11.1 Å². The van der Waals surface area contributed by atoms with Crippen molar-refractivity contribution in [1.29, 1.82) is 0 Å². The van der Waals surface area contributed by atoms with Crippen LogP contribution in [0, 0.1) is 5.82 Å². The lowest BCUT2D eigenvalue weighted by Crippen LogP contribution is -2.23. The standard InChI is InChI=1S/C19H19FN2O2/c1-14(23)22(2)13-16-4-3-5-18(12-16)21-19(24)11-8-15-6-9-17(20)10-7-15/h3-12H,13H2,1-2H3,(H,21,24)/b11-8+. The molecule has 0 radical (unpaired) electrons. The Hall–Kier alpha value is -2.95. The van der Waals surface area contributed by atoms with Gasteiger partial charge >= 0.3 is 0 Å². The molecule has 0 saturated heterocycles. The molecule has 0 aromatic heterocycles. The molecule has 5 heteroatoms. The summed E-state index contributed by atoms with van der Waals surface area (Å²) in [4.78, 5) is 24.8. The highest BCUT2D eigenvalue weighted by molar-refractivity contribution is 6.01. The molecule has 1 N–H and O–H groups in total. The fraction of sp³-hybridized carbons (Fsp3) is 0.158. The largest absolute Gasteiger partial charge is 0.342 e. The van der Waals surface area contributed by atoms with Crippen molar-refractivity contribution >= 4 is 23.6 Å². The maximum Gasteiger partial charge on any atom is 0.248 e. The molecule has 0 aliphatic rings. The van der Waals surface area contributed by atoms with Crippen molar-refractivity contribution in [2.75, 3.05) is 12.4 Å². The molecule has 0 aliphatic carbocycles. The SMILES string of the molecule is CC(=O)N(C)Cc1cccc(NC(=O)/C=C/c2ccc(F)cc2)c1. The molecule has 0 heterocycles. The Morgan fingerprint density at radius 3 is 2.54 bits per heavy atom. The van der Waals surface area contributed by atoms with E-state index in [9.17, 15) is 14.0 Å². The number of halogens is 1. The molecule has 124 valence electrons. The Labute approximate surface area is 140 Å². The van der Waals surface area contributed by atoms with Gasteiger partial charge in [-0.15, -0.1) is 0 Å². The molecule has 2 amide bonds. The lowest BCUT2D eigenvalue weighted by molar-refractivity contribution is -0.128. The Balaban J connectivity index is 1.98. The van der Waals surface area contributed by atoms with Crippen LogP contribution in [0.1, 0.15) is 18.1 Å².